The fourth-order valence-corrected chi connectivity index (χ4v) is 2.34. The Morgan fingerprint density at radius 3 is 2.53 bits per heavy atom. The molecule has 2 rings (SSSR count). The summed E-state index contributed by atoms with van der Waals surface area (Å²) >= 11 is 0. The number of ether oxygens (including phenoxy) is 1. The van der Waals surface area contributed by atoms with Crippen LogP contribution in [0.15, 0.2) is 18.2 Å². The predicted molar refractivity (Wildman–Crippen MR) is 79.7 cm³/mol. The largest absolute Gasteiger partial charge is 0.376 e. The van der Waals surface area contributed by atoms with E-state index < -0.39 is 0 Å². The van der Waals surface area contributed by atoms with E-state index in [1.165, 1.54) is 25.7 Å². The molecule has 1 heterocycles. The summed E-state index contributed by atoms with van der Waals surface area (Å²) in [6, 6.07) is 6.01. The van der Waals surface area contributed by atoms with Crippen molar-refractivity contribution in [3.05, 3.63) is 18.2 Å². The minimum Gasteiger partial charge on any atom is -0.376 e. The van der Waals surface area contributed by atoms with Crippen LogP contribution >= 0.6 is 0 Å². The van der Waals surface area contributed by atoms with Crippen molar-refractivity contribution in [2.24, 2.45) is 0 Å². The summed E-state index contributed by atoms with van der Waals surface area (Å²) in [4.78, 5) is 4.50. The second kappa shape index (κ2) is 8.00. The van der Waals surface area contributed by atoms with Gasteiger partial charge in [0, 0.05) is 13.1 Å². The van der Waals surface area contributed by atoms with Crippen LogP contribution in [0.3, 0.4) is 0 Å². The molecule has 1 aromatic heterocycles. The smallest absolute Gasteiger partial charge is 0.128 e. The third kappa shape index (κ3) is 5.07. The highest BCUT2D eigenvalue weighted by Crippen LogP contribution is 2.20. The van der Waals surface area contributed by atoms with Crippen LogP contribution in [-0.2, 0) is 4.74 Å². The Morgan fingerprint density at radius 1 is 1.16 bits per heavy atom. The topological polar surface area (TPSA) is 46.2 Å². The van der Waals surface area contributed by atoms with E-state index in [4.69, 9.17) is 4.74 Å². The van der Waals surface area contributed by atoms with Gasteiger partial charge in [-0.15, -0.1) is 0 Å². The van der Waals surface area contributed by atoms with Crippen molar-refractivity contribution in [1.82, 2.24) is 4.98 Å². The summed E-state index contributed by atoms with van der Waals surface area (Å²) in [6.07, 6.45) is 6.71. The first kappa shape index (κ1) is 14.1. The molecule has 0 bridgehead atoms. The molecule has 0 amide bonds. The van der Waals surface area contributed by atoms with E-state index in [1.807, 2.05) is 18.2 Å². The third-order valence-electron chi connectivity index (χ3n) is 3.37. The van der Waals surface area contributed by atoms with Crippen molar-refractivity contribution >= 4 is 11.6 Å². The molecule has 1 aliphatic rings. The third-order valence-corrected chi connectivity index (χ3v) is 3.37. The molecule has 0 atom stereocenters. The van der Waals surface area contributed by atoms with Crippen molar-refractivity contribution in [2.45, 2.75) is 45.1 Å². The van der Waals surface area contributed by atoms with Crippen molar-refractivity contribution in [3.63, 3.8) is 0 Å². The Kier molecular flexibility index (Phi) is 5.95. The molecular formula is C15H25N3O. The molecule has 1 aliphatic carbocycles. The average molecular weight is 263 g/mol. The maximum Gasteiger partial charge on any atom is 0.128 e. The van der Waals surface area contributed by atoms with Gasteiger partial charge in [-0.25, -0.2) is 4.98 Å². The number of hydrogen-bond donors (Lipinski definition) is 2. The van der Waals surface area contributed by atoms with E-state index in [9.17, 15) is 0 Å². The lowest BCUT2D eigenvalue weighted by molar-refractivity contribution is 0.0659. The average Bonchev–Trinajstić information content (AvgIpc) is 2.95. The van der Waals surface area contributed by atoms with Crippen molar-refractivity contribution in [2.75, 3.05) is 30.3 Å². The lowest BCUT2D eigenvalue weighted by Gasteiger charge is -2.12. The molecule has 106 valence electrons. The number of hydrogen-bond acceptors (Lipinski definition) is 4. The van der Waals surface area contributed by atoms with E-state index in [-0.39, 0.29) is 0 Å². The van der Waals surface area contributed by atoms with Crippen LogP contribution in [0.25, 0.3) is 0 Å². The normalized spacial score (nSPS) is 15.6. The maximum absolute atomic E-state index is 5.81. The molecule has 0 saturated heterocycles. The lowest BCUT2D eigenvalue weighted by Crippen LogP contribution is -2.16. The van der Waals surface area contributed by atoms with Crippen LogP contribution in [0.4, 0.5) is 11.6 Å². The Hall–Kier alpha value is -1.29. The van der Waals surface area contributed by atoms with E-state index in [0.717, 1.165) is 37.8 Å². The SMILES string of the molecule is CCCNc1cccc(NCCOC2CCCC2)n1. The number of pyridine rings is 1. The quantitative estimate of drug-likeness (QED) is 0.707. The molecule has 0 aliphatic heterocycles. The molecule has 1 aromatic rings. The van der Waals surface area contributed by atoms with Crippen molar-refractivity contribution in [1.29, 1.82) is 0 Å². The molecule has 0 radical (unpaired) electrons. The van der Waals surface area contributed by atoms with Gasteiger partial charge in [0.2, 0.25) is 0 Å². The molecule has 0 spiro atoms. The summed E-state index contributed by atoms with van der Waals surface area (Å²) in [5.41, 5.74) is 0. The van der Waals surface area contributed by atoms with Crippen molar-refractivity contribution < 1.29 is 4.74 Å². The fraction of sp³-hybridized carbons (Fsp3) is 0.667. The molecule has 2 N–H and O–H groups in total. The van der Waals surface area contributed by atoms with Crippen LogP contribution in [0.1, 0.15) is 39.0 Å². The van der Waals surface area contributed by atoms with Gasteiger partial charge in [-0.3, -0.25) is 0 Å². The van der Waals surface area contributed by atoms with Gasteiger partial charge < -0.3 is 15.4 Å². The van der Waals surface area contributed by atoms with E-state index in [1.54, 1.807) is 0 Å². The lowest BCUT2D eigenvalue weighted by atomic mass is 10.3. The molecular weight excluding hydrogens is 238 g/mol. The molecule has 4 heteroatoms. The first-order valence-electron chi connectivity index (χ1n) is 7.45. The summed E-state index contributed by atoms with van der Waals surface area (Å²) in [5.74, 6) is 1.85. The minimum atomic E-state index is 0.493. The zero-order chi connectivity index (χ0) is 13.3. The van der Waals surface area contributed by atoms with Crippen LogP contribution in [-0.4, -0.2) is 30.8 Å². The summed E-state index contributed by atoms with van der Waals surface area (Å²) in [5, 5.41) is 6.60. The van der Waals surface area contributed by atoms with Gasteiger partial charge in [0.25, 0.3) is 0 Å². The Morgan fingerprint density at radius 2 is 1.84 bits per heavy atom. The minimum absolute atomic E-state index is 0.493. The zero-order valence-corrected chi connectivity index (χ0v) is 11.8. The van der Waals surface area contributed by atoms with Gasteiger partial charge in [0.05, 0.1) is 12.7 Å². The highest BCUT2D eigenvalue weighted by molar-refractivity contribution is 5.44. The Labute approximate surface area is 116 Å². The number of anilines is 2. The van der Waals surface area contributed by atoms with Gasteiger partial charge >= 0.3 is 0 Å². The highest BCUT2D eigenvalue weighted by Gasteiger charge is 2.14. The van der Waals surface area contributed by atoms with Crippen LogP contribution in [0.5, 0.6) is 0 Å². The first-order chi connectivity index (χ1) is 9.38. The van der Waals surface area contributed by atoms with E-state index in [2.05, 4.69) is 22.5 Å². The number of aromatic nitrogens is 1. The number of nitrogens with zero attached hydrogens (tertiary/aromatic N) is 1. The van der Waals surface area contributed by atoms with Gasteiger partial charge in [-0.1, -0.05) is 25.8 Å². The summed E-state index contributed by atoms with van der Waals surface area (Å²) in [6.45, 7) is 4.69. The van der Waals surface area contributed by atoms with Gasteiger partial charge in [0.15, 0.2) is 0 Å². The van der Waals surface area contributed by atoms with Crippen molar-refractivity contribution in [3.8, 4) is 0 Å². The van der Waals surface area contributed by atoms with E-state index in [0.29, 0.717) is 6.10 Å². The van der Waals surface area contributed by atoms with Crippen LogP contribution < -0.4 is 10.6 Å². The van der Waals surface area contributed by atoms with Gasteiger partial charge in [-0.05, 0) is 31.4 Å². The molecule has 1 saturated carbocycles. The molecule has 0 unspecified atom stereocenters. The molecule has 19 heavy (non-hydrogen) atoms. The number of nitrogens with one attached hydrogen (secondary N) is 2. The van der Waals surface area contributed by atoms with Crippen LogP contribution in [0, 0.1) is 0 Å². The van der Waals surface area contributed by atoms with Crippen LogP contribution in [0.2, 0.25) is 0 Å². The van der Waals surface area contributed by atoms with Gasteiger partial charge in [0.1, 0.15) is 11.6 Å². The molecule has 4 nitrogen and oxygen atoms in total. The predicted octanol–water partition coefficient (Wildman–Crippen LogP) is 3.27. The first-order valence-corrected chi connectivity index (χ1v) is 7.45. The maximum atomic E-state index is 5.81. The Bertz CT molecular complexity index is 364. The monoisotopic (exact) mass is 263 g/mol. The summed E-state index contributed by atoms with van der Waals surface area (Å²) in [7, 11) is 0. The van der Waals surface area contributed by atoms with E-state index >= 15 is 0 Å². The second-order valence-electron chi connectivity index (χ2n) is 5.04. The highest BCUT2D eigenvalue weighted by atomic mass is 16.5. The zero-order valence-electron chi connectivity index (χ0n) is 11.8. The second-order valence-corrected chi connectivity index (χ2v) is 5.04. The molecule has 1 fully saturated rings. The fourth-order valence-electron chi connectivity index (χ4n) is 2.34. The molecule has 0 aromatic carbocycles. The number of rotatable bonds is 8. The standard InChI is InChI=1S/C15H25N3O/c1-2-10-16-14-8-5-9-15(18-14)17-11-12-19-13-6-3-4-7-13/h5,8-9,13H,2-4,6-7,10-12H2,1H3,(H2,16,17,18). The summed E-state index contributed by atoms with van der Waals surface area (Å²) < 4.78 is 5.81. The van der Waals surface area contributed by atoms with Gasteiger partial charge in [-0.2, -0.15) is 0 Å². The Balaban J connectivity index is 1.66.